The number of thiocarbonyl (C=S) groups is 1. The standard InChI is InChI=1S/C6H9NO2S/c1-3-5(2)9-6(8)7-4-10/h5H,3H2,1-2H3. The van der Waals surface area contributed by atoms with Crippen molar-refractivity contribution in [3.8, 4) is 0 Å². The summed E-state index contributed by atoms with van der Waals surface area (Å²) in [7, 11) is 0. The van der Waals surface area contributed by atoms with Gasteiger partial charge in [-0.2, -0.15) is 0 Å². The molecule has 4 heteroatoms. The molecule has 56 valence electrons. The van der Waals surface area contributed by atoms with E-state index in [1.54, 1.807) is 6.92 Å². The van der Waals surface area contributed by atoms with Gasteiger partial charge in [0.2, 0.25) is 0 Å². The first kappa shape index (κ1) is 9.27. The molecule has 0 aliphatic heterocycles. The Labute approximate surface area is 65.1 Å². The molecule has 0 aromatic carbocycles. The molecule has 0 fully saturated rings. The highest BCUT2D eigenvalue weighted by Crippen LogP contribution is 1.96. The molecule has 3 nitrogen and oxygen atoms in total. The van der Waals surface area contributed by atoms with Crippen LogP contribution in [0.3, 0.4) is 0 Å². The van der Waals surface area contributed by atoms with Crippen molar-refractivity contribution < 1.29 is 9.53 Å². The maximum Gasteiger partial charge on any atom is 0.442 e. The molecule has 1 atom stereocenters. The van der Waals surface area contributed by atoms with Gasteiger partial charge in [-0.05, 0) is 25.6 Å². The second-order valence-corrected chi connectivity index (χ2v) is 1.99. The van der Waals surface area contributed by atoms with E-state index in [-0.39, 0.29) is 6.10 Å². The molecule has 1 amide bonds. The zero-order chi connectivity index (χ0) is 7.98. The first-order valence-electron chi connectivity index (χ1n) is 2.99. The summed E-state index contributed by atoms with van der Waals surface area (Å²) in [6, 6.07) is 0. The summed E-state index contributed by atoms with van der Waals surface area (Å²) in [6.07, 6.45) is 0.0162. The summed E-state index contributed by atoms with van der Waals surface area (Å²) in [4.78, 5) is 13.6. The predicted octanol–water partition coefficient (Wildman–Crippen LogP) is 2.02. The van der Waals surface area contributed by atoms with Crippen LogP contribution in [0.4, 0.5) is 4.79 Å². The van der Waals surface area contributed by atoms with Crippen LogP contribution < -0.4 is 0 Å². The molecule has 0 saturated carbocycles. The van der Waals surface area contributed by atoms with Gasteiger partial charge in [-0.3, -0.25) is 0 Å². The number of isothiocyanates is 1. The molecule has 0 aromatic heterocycles. The molecule has 0 saturated heterocycles. The van der Waals surface area contributed by atoms with Crippen LogP contribution in [0.1, 0.15) is 20.3 Å². The van der Waals surface area contributed by atoms with Gasteiger partial charge >= 0.3 is 6.09 Å². The summed E-state index contributed by atoms with van der Waals surface area (Å²) in [5.41, 5.74) is 0. The van der Waals surface area contributed by atoms with Crippen molar-refractivity contribution in [1.82, 2.24) is 0 Å². The summed E-state index contributed by atoms with van der Waals surface area (Å²) in [5, 5.41) is 1.93. The number of carbonyl (C=O) groups is 1. The van der Waals surface area contributed by atoms with Crippen molar-refractivity contribution in [2.75, 3.05) is 0 Å². The normalized spacial score (nSPS) is 11.4. The lowest BCUT2D eigenvalue weighted by Gasteiger charge is -2.05. The second kappa shape index (κ2) is 5.09. The van der Waals surface area contributed by atoms with Crippen molar-refractivity contribution in [3.63, 3.8) is 0 Å². The molecule has 1 unspecified atom stereocenters. The van der Waals surface area contributed by atoms with E-state index >= 15 is 0 Å². The Morgan fingerprint density at radius 1 is 1.90 bits per heavy atom. The smallest absolute Gasteiger partial charge is 0.442 e. The van der Waals surface area contributed by atoms with Gasteiger partial charge in [0.1, 0.15) is 6.10 Å². The molecule has 0 N–H and O–H groups in total. The van der Waals surface area contributed by atoms with E-state index < -0.39 is 6.09 Å². The maximum absolute atomic E-state index is 10.5. The minimum absolute atomic E-state index is 0.0976. The highest BCUT2D eigenvalue weighted by molar-refractivity contribution is 7.78. The van der Waals surface area contributed by atoms with E-state index in [0.29, 0.717) is 0 Å². The van der Waals surface area contributed by atoms with Crippen LogP contribution in [0.2, 0.25) is 0 Å². The molecule has 0 aromatic rings. The summed E-state index contributed by atoms with van der Waals surface area (Å²) < 4.78 is 4.71. The molecule has 0 aliphatic rings. The monoisotopic (exact) mass is 159 g/mol. The van der Waals surface area contributed by atoms with E-state index in [2.05, 4.69) is 17.2 Å². The largest absolute Gasteiger partial charge is 0.444 e. The van der Waals surface area contributed by atoms with Crippen LogP contribution in [-0.4, -0.2) is 17.4 Å². The number of amides is 1. The number of aliphatic imine (C=N–C) groups is 1. The Bertz CT molecular complexity index is 163. The Hall–Kier alpha value is -0.730. The number of hydrogen-bond donors (Lipinski definition) is 0. The lowest BCUT2D eigenvalue weighted by molar-refractivity contribution is 0.115. The fourth-order valence-corrected chi connectivity index (χ4v) is 0.394. The van der Waals surface area contributed by atoms with Crippen LogP contribution in [0.15, 0.2) is 4.99 Å². The van der Waals surface area contributed by atoms with Gasteiger partial charge in [-0.15, -0.1) is 4.99 Å². The van der Waals surface area contributed by atoms with Gasteiger partial charge in [-0.1, -0.05) is 6.92 Å². The van der Waals surface area contributed by atoms with Gasteiger partial charge in [-0.25, -0.2) is 4.79 Å². The minimum atomic E-state index is -0.663. The third-order valence-corrected chi connectivity index (χ3v) is 1.11. The van der Waals surface area contributed by atoms with Gasteiger partial charge < -0.3 is 4.74 Å². The zero-order valence-electron chi connectivity index (χ0n) is 5.96. The van der Waals surface area contributed by atoms with Crippen molar-refractivity contribution in [2.24, 2.45) is 4.99 Å². The van der Waals surface area contributed by atoms with Crippen molar-refractivity contribution in [3.05, 3.63) is 0 Å². The van der Waals surface area contributed by atoms with Crippen molar-refractivity contribution in [2.45, 2.75) is 26.4 Å². The van der Waals surface area contributed by atoms with E-state index in [1.165, 1.54) is 0 Å². The number of rotatable bonds is 2. The SMILES string of the molecule is CCC(C)OC(=O)N=C=S. The lowest BCUT2D eigenvalue weighted by Crippen LogP contribution is -2.09. The molecule has 0 aliphatic carbocycles. The second-order valence-electron chi connectivity index (χ2n) is 1.81. The Kier molecular flexibility index (Phi) is 4.72. The van der Waals surface area contributed by atoms with Crippen LogP contribution >= 0.6 is 12.2 Å². The average molecular weight is 159 g/mol. The van der Waals surface area contributed by atoms with Crippen LogP contribution in [0.25, 0.3) is 0 Å². The Balaban J connectivity index is 3.67. The first-order chi connectivity index (χ1) is 4.70. The lowest BCUT2D eigenvalue weighted by atomic mass is 10.3. The van der Waals surface area contributed by atoms with E-state index in [1.807, 2.05) is 12.1 Å². The third-order valence-electron chi connectivity index (χ3n) is 1.01. The maximum atomic E-state index is 10.5. The van der Waals surface area contributed by atoms with Crippen LogP contribution in [0, 0.1) is 0 Å². The van der Waals surface area contributed by atoms with E-state index in [0.717, 1.165) is 6.42 Å². The Morgan fingerprint density at radius 2 is 2.50 bits per heavy atom. The highest BCUT2D eigenvalue weighted by Gasteiger charge is 2.03. The van der Waals surface area contributed by atoms with Gasteiger partial charge in [0.15, 0.2) is 0 Å². The van der Waals surface area contributed by atoms with Gasteiger partial charge in [0.05, 0.1) is 5.16 Å². The molecular weight excluding hydrogens is 150 g/mol. The third kappa shape index (κ3) is 4.18. The zero-order valence-corrected chi connectivity index (χ0v) is 6.77. The number of carbonyl (C=O) groups excluding carboxylic acids is 1. The van der Waals surface area contributed by atoms with Crippen molar-refractivity contribution in [1.29, 1.82) is 0 Å². The summed E-state index contributed by atoms with van der Waals surface area (Å²) in [6.45, 7) is 3.70. The highest BCUT2D eigenvalue weighted by atomic mass is 32.1. The molecule has 0 spiro atoms. The molecule has 0 rings (SSSR count). The first-order valence-corrected chi connectivity index (χ1v) is 3.40. The topological polar surface area (TPSA) is 38.7 Å². The molecule has 0 bridgehead atoms. The average Bonchev–Trinajstić information content (AvgIpc) is 1.88. The van der Waals surface area contributed by atoms with Crippen LogP contribution in [-0.2, 0) is 4.74 Å². The summed E-state index contributed by atoms with van der Waals surface area (Å²) >= 11 is 4.20. The number of hydrogen-bond acceptors (Lipinski definition) is 3. The van der Waals surface area contributed by atoms with E-state index in [4.69, 9.17) is 4.74 Å². The molecule has 0 radical (unpaired) electrons. The molecule has 0 heterocycles. The van der Waals surface area contributed by atoms with Crippen LogP contribution in [0.5, 0.6) is 0 Å². The molecule has 10 heavy (non-hydrogen) atoms. The minimum Gasteiger partial charge on any atom is -0.444 e. The van der Waals surface area contributed by atoms with E-state index in [9.17, 15) is 4.79 Å². The molecular formula is C6H9NO2S. The quantitative estimate of drug-likeness (QED) is 0.457. The Morgan fingerprint density at radius 3 is 2.90 bits per heavy atom. The predicted molar refractivity (Wildman–Crippen MR) is 41.3 cm³/mol. The fourth-order valence-electron chi connectivity index (χ4n) is 0.319. The summed E-state index contributed by atoms with van der Waals surface area (Å²) in [5.74, 6) is 0. The van der Waals surface area contributed by atoms with Crippen molar-refractivity contribution >= 4 is 23.5 Å². The van der Waals surface area contributed by atoms with Gasteiger partial charge in [0, 0.05) is 0 Å². The van der Waals surface area contributed by atoms with Gasteiger partial charge in [0.25, 0.3) is 0 Å². The number of ether oxygens (including phenoxy) is 1. The fraction of sp³-hybridized carbons (Fsp3) is 0.667. The number of nitrogens with zero attached hydrogens (tertiary/aromatic N) is 1.